The van der Waals surface area contributed by atoms with Crippen LogP contribution in [0.15, 0.2) is 84.9 Å². The van der Waals surface area contributed by atoms with Gasteiger partial charge in [-0.05, 0) is 30.3 Å². The summed E-state index contributed by atoms with van der Waals surface area (Å²) < 4.78 is 25.0. The molecule has 1 unspecified atom stereocenters. The summed E-state index contributed by atoms with van der Waals surface area (Å²) in [6.45, 7) is -0.0190. The number of hydrogen-bond acceptors (Lipinski definition) is 4. The third-order valence-electron chi connectivity index (χ3n) is 4.13. The lowest BCUT2D eigenvalue weighted by Crippen LogP contribution is -2.16. The van der Waals surface area contributed by atoms with E-state index in [-0.39, 0.29) is 18.6 Å². The minimum atomic E-state index is -0.877. The first-order valence-electron chi connectivity index (χ1n) is 8.88. The molecule has 0 amide bonds. The van der Waals surface area contributed by atoms with Crippen LogP contribution in [0.4, 0.5) is 4.39 Å². The minimum Gasteiger partial charge on any atom is -0.462 e. The van der Waals surface area contributed by atoms with Crippen LogP contribution in [0.3, 0.4) is 0 Å². The van der Waals surface area contributed by atoms with Gasteiger partial charge < -0.3 is 9.47 Å². The summed E-state index contributed by atoms with van der Waals surface area (Å²) in [4.78, 5) is 24.5. The van der Waals surface area contributed by atoms with Gasteiger partial charge in [0.25, 0.3) is 0 Å². The van der Waals surface area contributed by atoms with E-state index in [9.17, 15) is 14.0 Å². The predicted molar refractivity (Wildman–Crippen MR) is 102 cm³/mol. The Hall–Kier alpha value is -3.47. The fraction of sp³-hybridized carbons (Fsp3) is 0.130. The van der Waals surface area contributed by atoms with Gasteiger partial charge in [0.05, 0.1) is 17.7 Å². The lowest BCUT2D eigenvalue weighted by molar-refractivity contribution is 0.0172. The lowest BCUT2D eigenvalue weighted by atomic mass is 10.1. The summed E-state index contributed by atoms with van der Waals surface area (Å²) in [5.41, 5.74) is 1.03. The van der Waals surface area contributed by atoms with Crippen LogP contribution in [0.25, 0.3) is 0 Å². The molecule has 3 aromatic rings. The van der Waals surface area contributed by atoms with E-state index >= 15 is 0 Å². The van der Waals surface area contributed by atoms with Crippen molar-refractivity contribution in [3.05, 3.63) is 107 Å². The van der Waals surface area contributed by atoms with Crippen LogP contribution in [-0.2, 0) is 9.47 Å². The molecule has 142 valence electrons. The van der Waals surface area contributed by atoms with Gasteiger partial charge in [0.1, 0.15) is 11.9 Å². The van der Waals surface area contributed by atoms with E-state index in [1.54, 1.807) is 78.9 Å². The highest BCUT2D eigenvalue weighted by molar-refractivity contribution is 5.90. The van der Waals surface area contributed by atoms with E-state index in [4.69, 9.17) is 9.47 Å². The van der Waals surface area contributed by atoms with Crippen molar-refractivity contribution in [2.24, 2.45) is 0 Å². The Bertz CT molecular complexity index is 926. The second kappa shape index (κ2) is 9.46. The number of halogens is 1. The van der Waals surface area contributed by atoms with E-state index in [0.29, 0.717) is 11.1 Å². The third kappa shape index (κ3) is 5.04. The molecular weight excluding hydrogens is 359 g/mol. The maximum Gasteiger partial charge on any atom is 0.338 e. The zero-order valence-corrected chi connectivity index (χ0v) is 15.1. The molecule has 0 N–H and O–H groups in total. The van der Waals surface area contributed by atoms with Crippen LogP contribution < -0.4 is 0 Å². The summed E-state index contributed by atoms with van der Waals surface area (Å²) >= 11 is 0. The number of rotatable bonds is 7. The molecule has 0 radical (unpaired) electrons. The molecule has 0 heterocycles. The highest BCUT2D eigenvalue weighted by Gasteiger charge is 2.21. The molecule has 0 saturated carbocycles. The molecule has 4 nitrogen and oxygen atoms in total. The SMILES string of the molecule is O=C(OCCC(OC(=O)c1ccccc1)c1ccccc1F)c1ccccc1. The Morgan fingerprint density at radius 3 is 1.89 bits per heavy atom. The Morgan fingerprint density at radius 2 is 1.29 bits per heavy atom. The molecule has 0 aliphatic heterocycles. The minimum absolute atomic E-state index is 0.0190. The fourth-order valence-electron chi connectivity index (χ4n) is 2.70. The molecule has 0 saturated heterocycles. The van der Waals surface area contributed by atoms with Crippen molar-refractivity contribution in [1.82, 2.24) is 0 Å². The number of carbonyl (C=O) groups excluding carboxylic acids is 2. The van der Waals surface area contributed by atoms with Gasteiger partial charge in [0.2, 0.25) is 0 Å². The summed E-state index contributed by atoms with van der Waals surface area (Å²) in [6.07, 6.45) is -0.740. The number of ether oxygens (including phenoxy) is 2. The number of hydrogen-bond donors (Lipinski definition) is 0. The van der Waals surface area contributed by atoms with Crippen molar-refractivity contribution in [2.45, 2.75) is 12.5 Å². The van der Waals surface area contributed by atoms with Crippen molar-refractivity contribution in [3.8, 4) is 0 Å². The van der Waals surface area contributed by atoms with Gasteiger partial charge >= 0.3 is 11.9 Å². The van der Waals surface area contributed by atoms with Gasteiger partial charge in [-0.25, -0.2) is 14.0 Å². The first-order valence-corrected chi connectivity index (χ1v) is 8.88. The van der Waals surface area contributed by atoms with Crippen LogP contribution in [0.5, 0.6) is 0 Å². The maximum absolute atomic E-state index is 14.2. The summed E-state index contributed by atoms with van der Waals surface area (Å²) in [6, 6.07) is 23.1. The van der Waals surface area contributed by atoms with E-state index in [1.807, 2.05) is 0 Å². The normalized spacial score (nSPS) is 11.5. The molecule has 5 heteroatoms. The van der Waals surface area contributed by atoms with Crippen LogP contribution in [-0.4, -0.2) is 18.5 Å². The van der Waals surface area contributed by atoms with Crippen LogP contribution in [0, 0.1) is 5.82 Å². The van der Waals surface area contributed by atoms with Crippen molar-refractivity contribution in [2.75, 3.05) is 6.61 Å². The second-order valence-electron chi connectivity index (χ2n) is 6.07. The molecule has 0 aliphatic rings. The first-order chi connectivity index (χ1) is 13.6. The zero-order valence-electron chi connectivity index (χ0n) is 15.1. The van der Waals surface area contributed by atoms with Gasteiger partial charge in [-0.3, -0.25) is 0 Å². The van der Waals surface area contributed by atoms with E-state index in [0.717, 1.165) is 0 Å². The largest absolute Gasteiger partial charge is 0.462 e. The maximum atomic E-state index is 14.2. The Balaban J connectivity index is 1.69. The quantitative estimate of drug-likeness (QED) is 0.545. The molecule has 3 rings (SSSR count). The average Bonchev–Trinajstić information content (AvgIpc) is 2.74. The van der Waals surface area contributed by atoms with Gasteiger partial charge in [0, 0.05) is 12.0 Å². The van der Waals surface area contributed by atoms with E-state index in [1.165, 1.54) is 6.07 Å². The van der Waals surface area contributed by atoms with Crippen LogP contribution in [0.2, 0.25) is 0 Å². The highest BCUT2D eigenvalue weighted by Crippen LogP contribution is 2.25. The number of esters is 2. The van der Waals surface area contributed by atoms with Crippen molar-refractivity contribution < 1.29 is 23.5 Å². The summed E-state index contributed by atoms with van der Waals surface area (Å²) in [5.74, 6) is -1.53. The average molecular weight is 378 g/mol. The van der Waals surface area contributed by atoms with E-state index < -0.39 is 23.9 Å². The van der Waals surface area contributed by atoms with Crippen LogP contribution >= 0.6 is 0 Å². The zero-order chi connectivity index (χ0) is 19.8. The molecule has 0 fully saturated rings. The number of carbonyl (C=O) groups is 2. The van der Waals surface area contributed by atoms with Gasteiger partial charge in [0.15, 0.2) is 0 Å². The van der Waals surface area contributed by atoms with Gasteiger partial charge in [-0.1, -0.05) is 54.6 Å². The second-order valence-corrected chi connectivity index (χ2v) is 6.07. The topological polar surface area (TPSA) is 52.6 Å². The van der Waals surface area contributed by atoms with Gasteiger partial charge in [-0.15, -0.1) is 0 Å². The molecular formula is C23H19FO4. The monoisotopic (exact) mass is 378 g/mol. The molecule has 0 spiro atoms. The summed E-state index contributed by atoms with van der Waals surface area (Å²) in [7, 11) is 0. The van der Waals surface area contributed by atoms with E-state index in [2.05, 4.69) is 0 Å². The van der Waals surface area contributed by atoms with Crippen molar-refractivity contribution >= 4 is 11.9 Å². The lowest BCUT2D eigenvalue weighted by Gasteiger charge is -2.19. The molecule has 1 atom stereocenters. The Kier molecular flexibility index (Phi) is 6.52. The summed E-state index contributed by atoms with van der Waals surface area (Å²) in [5, 5.41) is 0. The first kappa shape index (κ1) is 19.3. The smallest absolute Gasteiger partial charge is 0.338 e. The van der Waals surface area contributed by atoms with Crippen LogP contribution in [0.1, 0.15) is 38.8 Å². The van der Waals surface area contributed by atoms with Crippen molar-refractivity contribution in [3.63, 3.8) is 0 Å². The fourth-order valence-corrected chi connectivity index (χ4v) is 2.70. The third-order valence-corrected chi connectivity index (χ3v) is 4.13. The molecule has 3 aromatic carbocycles. The Morgan fingerprint density at radius 1 is 0.750 bits per heavy atom. The molecule has 28 heavy (non-hydrogen) atoms. The predicted octanol–water partition coefficient (Wildman–Crippen LogP) is 4.97. The van der Waals surface area contributed by atoms with Gasteiger partial charge in [-0.2, -0.15) is 0 Å². The Labute approximate surface area is 162 Å². The van der Waals surface area contributed by atoms with Crippen molar-refractivity contribution in [1.29, 1.82) is 0 Å². The molecule has 0 bridgehead atoms. The molecule has 0 aromatic heterocycles. The standard InChI is InChI=1S/C23H19FO4/c24-20-14-8-7-13-19(20)21(28-23(26)18-11-5-2-6-12-18)15-16-27-22(25)17-9-3-1-4-10-17/h1-14,21H,15-16H2. The highest BCUT2D eigenvalue weighted by atomic mass is 19.1. The number of benzene rings is 3. The molecule has 0 aliphatic carbocycles.